The molecule has 0 saturated carbocycles. The average Bonchev–Trinajstić information content (AvgIpc) is 3.24. The highest BCUT2D eigenvalue weighted by molar-refractivity contribution is 7.09. The molecule has 11 nitrogen and oxygen atoms in total. The molecule has 2 aliphatic rings. The van der Waals surface area contributed by atoms with Crippen LogP contribution >= 0.6 is 11.5 Å². The zero-order valence-corrected chi connectivity index (χ0v) is 19.7. The lowest BCUT2D eigenvalue weighted by Crippen LogP contribution is -2.62. The normalized spacial score (nSPS) is 22.6. The number of aliphatic hydroxyl groups is 2. The molecule has 36 heavy (non-hydrogen) atoms. The van der Waals surface area contributed by atoms with Crippen LogP contribution in [0.4, 0.5) is 0 Å². The molecule has 0 fully saturated rings. The van der Waals surface area contributed by atoms with Crippen molar-refractivity contribution in [1.29, 1.82) is 0 Å². The maximum Gasteiger partial charge on any atom is 0.256 e. The zero-order chi connectivity index (χ0) is 26.1. The third-order valence-corrected chi connectivity index (χ3v) is 7.46. The van der Waals surface area contributed by atoms with Gasteiger partial charge in [0, 0.05) is 5.56 Å². The molecule has 0 unspecified atom stereocenters. The summed E-state index contributed by atoms with van der Waals surface area (Å²) in [7, 11) is 1.14. The number of rotatable bonds is 3. The predicted molar refractivity (Wildman–Crippen MR) is 128 cm³/mol. The second-order valence-corrected chi connectivity index (χ2v) is 9.38. The number of allylic oxidation sites excluding steroid dienone is 1. The Labute approximate surface area is 206 Å². The van der Waals surface area contributed by atoms with Gasteiger partial charge < -0.3 is 31.0 Å². The number of nitrogens with zero attached hydrogens (tertiary/aromatic N) is 2. The van der Waals surface area contributed by atoms with E-state index in [0.29, 0.717) is 10.9 Å². The summed E-state index contributed by atoms with van der Waals surface area (Å²) in [5, 5.41) is 47.8. The van der Waals surface area contributed by atoms with Gasteiger partial charge in [0.2, 0.25) is 11.6 Å². The second kappa shape index (κ2) is 7.86. The minimum absolute atomic E-state index is 0.0599. The molecule has 2 aliphatic carbocycles. The highest BCUT2D eigenvalue weighted by atomic mass is 32.1. The Balaban J connectivity index is 1.82. The van der Waals surface area contributed by atoms with E-state index in [-0.39, 0.29) is 23.1 Å². The minimum Gasteiger partial charge on any atom is -0.507 e. The van der Waals surface area contributed by atoms with E-state index >= 15 is 0 Å². The quantitative estimate of drug-likeness (QED) is 0.198. The number of hydrogen-bond acceptors (Lipinski definition) is 11. The van der Waals surface area contributed by atoms with Crippen LogP contribution in [-0.4, -0.2) is 60.7 Å². The summed E-state index contributed by atoms with van der Waals surface area (Å²) in [5.74, 6) is -7.34. The van der Waals surface area contributed by atoms with E-state index in [4.69, 9.17) is 10.6 Å². The zero-order valence-electron chi connectivity index (χ0n) is 18.9. The van der Waals surface area contributed by atoms with Crippen LogP contribution in [-0.2, 0) is 20.8 Å². The van der Waals surface area contributed by atoms with Gasteiger partial charge >= 0.3 is 0 Å². The molecule has 0 aliphatic heterocycles. The van der Waals surface area contributed by atoms with E-state index in [2.05, 4.69) is 9.53 Å². The number of carbonyl (C=O) groups is 3. The van der Waals surface area contributed by atoms with Crippen LogP contribution < -0.4 is 5.73 Å². The first-order valence-corrected chi connectivity index (χ1v) is 11.4. The number of oxime groups is 1. The molecular formula is C24H19N3O8S. The van der Waals surface area contributed by atoms with E-state index in [1.54, 1.807) is 12.1 Å². The monoisotopic (exact) mass is 509 g/mol. The minimum atomic E-state index is -2.91. The Morgan fingerprint density at radius 2 is 1.94 bits per heavy atom. The van der Waals surface area contributed by atoms with Crippen molar-refractivity contribution in [2.45, 2.75) is 18.9 Å². The number of phenols is 2. The third-order valence-electron chi connectivity index (χ3n) is 6.55. The summed E-state index contributed by atoms with van der Waals surface area (Å²) < 4.78 is 4.27. The van der Waals surface area contributed by atoms with Gasteiger partial charge in [0.05, 0.1) is 27.4 Å². The summed E-state index contributed by atoms with van der Waals surface area (Å²) in [4.78, 5) is 44.3. The van der Waals surface area contributed by atoms with Gasteiger partial charge in [-0.3, -0.25) is 14.4 Å². The number of aromatic hydroxyl groups is 2. The summed E-state index contributed by atoms with van der Waals surface area (Å²) in [6, 6.07) is 6.39. The number of aromatic nitrogens is 1. The number of amides is 1. The van der Waals surface area contributed by atoms with Gasteiger partial charge in [0.25, 0.3) is 5.91 Å². The van der Waals surface area contributed by atoms with Crippen molar-refractivity contribution in [2.24, 2.45) is 16.8 Å². The fourth-order valence-corrected chi connectivity index (χ4v) is 5.74. The van der Waals surface area contributed by atoms with E-state index < -0.39 is 57.3 Å². The fourth-order valence-electron chi connectivity index (χ4n) is 4.95. The Morgan fingerprint density at radius 3 is 2.56 bits per heavy atom. The molecule has 1 heterocycles. The van der Waals surface area contributed by atoms with Crippen LogP contribution in [0.2, 0.25) is 0 Å². The highest BCUT2D eigenvalue weighted by Gasteiger charge is 2.62. The number of Topliss-reactive ketones (excluding diaryl/α,β-unsaturated/α-hetero) is 2. The molecule has 1 amide bonds. The van der Waals surface area contributed by atoms with Crippen molar-refractivity contribution in [1.82, 2.24) is 4.37 Å². The number of hydrogen-bond donors (Lipinski definition) is 5. The largest absolute Gasteiger partial charge is 0.507 e. The number of aryl methyl sites for hydroxylation is 1. The standard InChI is InChI=1S/C24H19N3O8S/c1-8-5-14(36-27-8)10-3-4-13(28)16-11(10)6-9-7-12-18(26-35-2)20(30)17(23(25)33)22(32)24(12,34)21(31)15(9)19(16)29/h3-6,12,28-30,34H,7H2,1-2H3,(H2,25,33)/b26-18-/t12-,24-/m0/s1. The SMILES string of the molecule is CO/N=C1\C(O)=C(C(N)=O)C(=O)[C@@]2(O)C(=O)c3c(cc4c(-c5cc(C)ns5)ccc(O)c4c3O)C[C@@H]12. The third kappa shape index (κ3) is 2.98. The molecule has 2 aromatic carbocycles. The summed E-state index contributed by atoms with van der Waals surface area (Å²) in [6.45, 7) is 1.82. The topological polar surface area (TPSA) is 193 Å². The Kier molecular flexibility index (Phi) is 5.12. The van der Waals surface area contributed by atoms with E-state index in [1.807, 2.05) is 13.0 Å². The maximum atomic E-state index is 13.7. The Morgan fingerprint density at radius 1 is 1.22 bits per heavy atom. The smallest absolute Gasteiger partial charge is 0.256 e. The predicted octanol–water partition coefficient (Wildman–Crippen LogP) is 1.65. The van der Waals surface area contributed by atoms with Gasteiger partial charge in [0.15, 0.2) is 11.4 Å². The maximum absolute atomic E-state index is 13.7. The van der Waals surface area contributed by atoms with E-state index in [9.17, 15) is 34.8 Å². The Bertz CT molecular complexity index is 1590. The molecule has 2 atom stereocenters. The van der Waals surface area contributed by atoms with Gasteiger partial charge in [-0.1, -0.05) is 5.16 Å². The summed E-state index contributed by atoms with van der Waals surface area (Å²) in [6.07, 6.45) is -0.248. The number of carbonyl (C=O) groups excluding carboxylic acids is 3. The molecule has 12 heteroatoms. The molecule has 5 rings (SSSR count). The molecule has 0 radical (unpaired) electrons. The lowest BCUT2D eigenvalue weighted by atomic mass is 9.62. The van der Waals surface area contributed by atoms with Gasteiger partial charge in [-0.05, 0) is 60.1 Å². The highest BCUT2D eigenvalue weighted by Crippen LogP contribution is 2.49. The van der Waals surface area contributed by atoms with Gasteiger partial charge in [-0.15, -0.1) is 0 Å². The Hall–Kier alpha value is -4.29. The molecule has 184 valence electrons. The first-order valence-electron chi connectivity index (χ1n) is 10.6. The van der Waals surface area contributed by atoms with Gasteiger partial charge in [0.1, 0.15) is 29.9 Å². The lowest BCUT2D eigenvalue weighted by molar-refractivity contribution is -0.134. The number of nitrogens with two attached hydrogens (primary N) is 1. The van der Waals surface area contributed by atoms with Crippen molar-refractivity contribution in [3.8, 4) is 21.9 Å². The van der Waals surface area contributed by atoms with Crippen LogP contribution in [0, 0.1) is 12.8 Å². The van der Waals surface area contributed by atoms with Crippen molar-refractivity contribution in [3.63, 3.8) is 0 Å². The van der Waals surface area contributed by atoms with Crippen LogP contribution in [0.5, 0.6) is 11.5 Å². The summed E-state index contributed by atoms with van der Waals surface area (Å²) >= 11 is 1.21. The van der Waals surface area contributed by atoms with Crippen molar-refractivity contribution >= 4 is 45.5 Å². The molecule has 0 saturated heterocycles. The molecule has 3 aromatic rings. The molecule has 6 N–H and O–H groups in total. The second-order valence-electron chi connectivity index (χ2n) is 8.57. The number of benzene rings is 2. The first kappa shape index (κ1) is 23.5. The summed E-state index contributed by atoms with van der Waals surface area (Å²) in [5.41, 5.74) is 2.13. The average molecular weight is 509 g/mol. The van der Waals surface area contributed by atoms with Crippen LogP contribution in [0.15, 0.2) is 40.8 Å². The van der Waals surface area contributed by atoms with Crippen molar-refractivity contribution in [3.05, 3.63) is 52.4 Å². The number of phenolic OH excluding ortho intramolecular Hbond substituents is 2. The number of ketones is 2. The number of fused-ring (bicyclic) bond motifs is 3. The van der Waals surface area contributed by atoms with Gasteiger partial charge in [-0.25, -0.2) is 0 Å². The fraction of sp³-hybridized carbons (Fsp3) is 0.208. The van der Waals surface area contributed by atoms with Crippen LogP contribution in [0.3, 0.4) is 0 Å². The van der Waals surface area contributed by atoms with E-state index in [1.165, 1.54) is 17.6 Å². The van der Waals surface area contributed by atoms with Crippen LogP contribution in [0.25, 0.3) is 21.2 Å². The van der Waals surface area contributed by atoms with E-state index in [0.717, 1.165) is 17.7 Å². The number of primary amides is 1. The number of aliphatic hydroxyl groups excluding tert-OH is 1. The van der Waals surface area contributed by atoms with Crippen LogP contribution in [0.1, 0.15) is 21.6 Å². The molecule has 0 bridgehead atoms. The van der Waals surface area contributed by atoms with Crippen molar-refractivity contribution in [2.75, 3.05) is 7.11 Å². The van der Waals surface area contributed by atoms with Gasteiger partial charge in [-0.2, -0.15) is 4.37 Å². The van der Waals surface area contributed by atoms with Crippen molar-refractivity contribution < 1.29 is 39.6 Å². The molecular weight excluding hydrogens is 490 g/mol. The molecule has 1 aromatic heterocycles. The lowest BCUT2D eigenvalue weighted by Gasteiger charge is -2.41. The first-order chi connectivity index (χ1) is 17.0. The molecule has 0 spiro atoms.